The maximum Gasteiger partial charge on any atom is 0.228 e. The summed E-state index contributed by atoms with van der Waals surface area (Å²) in [6, 6.07) is 0.207. The lowest BCUT2D eigenvalue weighted by molar-refractivity contribution is -0.124. The van der Waals surface area contributed by atoms with Crippen molar-refractivity contribution >= 4 is 5.91 Å². The molecule has 1 fully saturated rings. The molecule has 14 heavy (non-hydrogen) atoms. The zero-order chi connectivity index (χ0) is 9.54. The normalized spacial score (nSPS) is 47.9. The second-order valence-corrected chi connectivity index (χ2v) is 4.28. The highest BCUT2D eigenvalue weighted by Crippen LogP contribution is 2.36. The molecular formula is C12H13NO. The van der Waals surface area contributed by atoms with Gasteiger partial charge in [-0.15, -0.1) is 0 Å². The minimum Gasteiger partial charge on any atom is -0.349 e. The highest BCUT2D eigenvalue weighted by Gasteiger charge is 2.37. The molecule has 1 aliphatic carbocycles. The monoisotopic (exact) mass is 187 g/mol. The van der Waals surface area contributed by atoms with E-state index >= 15 is 0 Å². The van der Waals surface area contributed by atoms with Crippen LogP contribution in [0.5, 0.6) is 0 Å². The van der Waals surface area contributed by atoms with E-state index in [0.717, 1.165) is 6.42 Å². The molecule has 72 valence electrons. The molecule has 2 aliphatic heterocycles. The topological polar surface area (TPSA) is 29.1 Å². The van der Waals surface area contributed by atoms with Crippen molar-refractivity contribution in [3.63, 3.8) is 0 Å². The predicted molar refractivity (Wildman–Crippen MR) is 54.4 cm³/mol. The zero-order valence-electron chi connectivity index (χ0n) is 7.89. The summed E-state index contributed by atoms with van der Waals surface area (Å²) in [6.07, 6.45) is 13.7. The van der Waals surface area contributed by atoms with E-state index < -0.39 is 0 Å². The molecule has 0 radical (unpaired) electrons. The second-order valence-electron chi connectivity index (χ2n) is 4.28. The van der Waals surface area contributed by atoms with Crippen molar-refractivity contribution in [2.75, 3.05) is 0 Å². The number of rotatable bonds is 0. The van der Waals surface area contributed by atoms with E-state index in [2.05, 4.69) is 23.5 Å². The summed E-state index contributed by atoms with van der Waals surface area (Å²) < 4.78 is 0. The Hall–Kier alpha value is -1.31. The fraction of sp³-hybridized carbons (Fsp3) is 0.417. The van der Waals surface area contributed by atoms with Crippen LogP contribution in [0.25, 0.3) is 0 Å². The molecule has 0 saturated carbocycles. The molecule has 1 saturated heterocycles. The summed E-state index contributed by atoms with van der Waals surface area (Å²) in [5.41, 5.74) is 0. The number of nitrogens with one attached hydrogen (secondary N) is 1. The standard InChI is InChI=1S/C12H13NO/c14-12-10-3-1-2-4-11(13-12)9-6-5-8(10)7-9/h1-6,8-11H,7H2,(H,13,14)/b3-1-,4-2-/t8-,9+,10+,11-/m1/s1. The first kappa shape index (κ1) is 8.04. The van der Waals surface area contributed by atoms with E-state index in [9.17, 15) is 4.79 Å². The Morgan fingerprint density at radius 3 is 2.79 bits per heavy atom. The maximum atomic E-state index is 11.8. The average Bonchev–Trinajstić information content (AvgIpc) is 2.58. The average molecular weight is 187 g/mol. The summed E-state index contributed by atoms with van der Waals surface area (Å²) >= 11 is 0. The zero-order valence-corrected chi connectivity index (χ0v) is 7.89. The lowest BCUT2D eigenvalue weighted by atomic mass is 9.90. The van der Waals surface area contributed by atoms with Crippen molar-refractivity contribution in [3.8, 4) is 0 Å². The smallest absolute Gasteiger partial charge is 0.228 e. The van der Waals surface area contributed by atoms with Gasteiger partial charge >= 0.3 is 0 Å². The molecule has 0 aromatic rings. The Labute approximate surface area is 83.4 Å². The number of carbonyl (C=O) groups is 1. The van der Waals surface area contributed by atoms with Crippen molar-refractivity contribution in [1.82, 2.24) is 5.32 Å². The van der Waals surface area contributed by atoms with E-state index in [1.165, 1.54) is 0 Å². The number of amides is 1. The van der Waals surface area contributed by atoms with Gasteiger partial charge in [0.15, 0.2) is 0 Å². The van der Waals surface area contributed by atoms with Gasteiger partial charge in [0.05, 0.1) is 12.0 Å². The van der Waals surface area contributed by atoms with Crippen molar-refractivity contribution in [3.05, 3.63) is 36.5 Å². The van der Waals surface area contributed by atoms with Gasteiger partial charge in [0.2, 0.25) is 5.91 Å². The molecule has 0 spiro atoms. The van der Waals surface area contributed by atoms with Crippen LogP contribution in [0, 0.1) is 17.8 Å². The summed E-state index contributed by atoms with van der Waals surface area (Å²) in [5, 5.41) is 3.08. The third kappa shape index (κ3) is 1.07. The SMILES string of the molecule is O=C1N[C@@H]2/C=C\C=C/[C@H]1[C@@H]1C=C[C@H]2C1. The van der Waals surface area contributed by atoms with Crippen LogP contribution in [0.3, 0.4) is 0 Å². The van der Waals surface area contributed by atoms with E-state index in [-0.39, 0.29) is 17.9 Å². The van der Waals surface area contributed by atoms with Crippen LogP contribution in [0.1, 0.15) is 6.42 Å². The first-order chi connectivity index (χ1) is 6.84. The molecule has 3 aliphatic rings. The van der Waals surface area contributed by atoms with Crippen LogP contribution < -0.4 is 5.32 Å². The van der Waals surface area contributed by atoms with Crippen molar-refractivity contribution < 1.29 is 4.79 Å². The van der Waals surface area contributed by atoms with Crippen LogP contribution >= 0.6 is 0 Å². The quantitative estimate of drug-likeness (QED) is 0.571. The lowest BCUT2D eigenvalue weighted by Crippen LogP contribution is -2.39. The van der Waals surface area contributed by atoms with E-state index in [0.29, 0.717) is 11.8 Å². The van der Waals surface area contributed by atoms with Crippen molar-refractivity contribution in [2.24, 2.45) is 17.8 Å². The largest absolute Gasteiger partial charge is 0.349 e. The molecule has 0 aromatic carbocycles. The van der Waals surface area contributed by atoms with Gasteiger partial charge in [-0.1, -0.05) is 36.5 Å². The predicted octanol–water partition coefficient (Wildman–Crippen LogP) is 1.42. The van der Waals surface area contributed by atoms with E-state index in [4.69, 9.17) is 0 Å². The first-order valence-electron chi connectivity index (χ1n) is 5.18. The number of hydrogen-bond donors (Lipinski definition) is 1. The van der Waals surface area contributed by atoms with Gasteiger partial charge in [-0.3, -0.25) is 4.79 Å². The number of hydrogen-bond acceptors (Lipinski definition) is 1. The highest BCUT2D eigenvalue weighted by molar-refractivity contribution is 5.82. The molecule has 4 atom stereocenters. The summed E-state index contributed by atoms with van der Waals surface area (Å²) in [4.78, 5) is 11.8. The Morgan fingerprint density at radius 1 is 1.07 bits per heavy atom. The Morgan fingerprint density at radius 2 is 1.86 bits per heavy atom. The number of fused-ring (bicyclic) bond motifs is 7. The highest BCUT2D eigenvalue weighted by atomic mass is 16.2. The fourth-order valence-corrected chi connectivity index (χ4v) is 2.64. The third-order valence-electron chi connectivity index (χ3n) is 3.43. The Balaban J connectivity index is 2.09. The van der Waals surface area contributed by atoms with E-state index in [1.807, 2.05) is 18.2 Å². The molecule has 3 rings (SSSR count). The minimum absolute atomic E-state index is 0.0474. The molecular weight excluding hydrogens is 174 g/mol. The summed E-state index contributed by atoms with van der Waals surface area (Å²) in [7, 11) is 0. The van der Waals surface area contributed by atoms with Crippen LogP contribution in [0.2, 0.25) is 0 Å². The molecule has 1 N–H and O–H groups in total. The number of allylic oxidation sites excluding steroid dienone is 3. The first-order valence-corrected chi connectivity index (χ1v) is 5.18. The van der Waals surface area contributed by atoms with Crippen molar-refractivity contribution in [1.29, 1.82) is 0 Å². The van der Waals surface area contributed by atoms with Gasteiger partial charge in [-0.25, -0.2) is 0 Å². The summed E-state index contributed by atoms with van der Waals surface area (Å²) in [5.74, 6) is 1.16. The Bertz CT molecular complexity index is 353. The number of carbonyl (C=O) groups excluding carboxylic acids is 1. The van der Waals surface area contributed by atoms with Gasteiger partial charge < -0.3 is 5.32 Å². The van der Waals surface area contributed by atoms with Crippen LogP contribution in [0.4, 0.5) is 0 Å². The second kappa shape index (κ2) is 2.84. The molecule has 1 amide bonds. The fourth-order valence-electron chi connectivity index (χ4n) is 2.64. The maximum absolute atomic E-state index is 11.8. The van der Waals surface area contributed by atoms with Gasteiger partial charge in [0.25, 0.3) is 0 Å². The lowest BCUT2D eigenvalue weighted by Gasteiger charge is -2.20. The minimum atomic E-state index is 0.0474. The molecule has 0 unspecified atom stereocenters. The van der Waals surface area contributed by atoms with Crippen molar-refractivity contribution in [2.45, 2.75) is 12.5 Å². The van der Waals surface area contributed by atoms with Crippen LogP contribution in [-0.4, -0.2) is 11.9 Å². The van der Waals surface area contributed by atoms with Gasteiger partial charge in [0.1, 0.15) is 0 Å². The summed E-state index contributed by atoms with van der Waals surface area (Å²) in [6.45, 7) is 0. The molecule has 2 heteroatoms. The third-order valence-corrected chi connectivity index (χ3v) is 3.43. The molecule has 4 bridgehead atoms. The van der Waals surface area contributed by atoms with Crippen LogP contribution in [0.15, 0.2) is 36.5 Å². The van der Waals surface area contributed by atoms with Gasteiger partial charge in [-0.05, 0) is 12.3 Å². The van der Waals surface area contributed by atoms with E-state index in [1.54, 1.807) is 0 Å². The molecule has 0 aromatic heterocycles. The van der Waals surface area contributed by atoms with Gasteiger partial charge in [-0.2, -0.15) is 0 Å². The molecule has 2 nitrogen and oxygen atoms in total. The Kier molecular flexibility index (Phi) is 1.63. The van der Waals surface area contributed by atoms with Crippen LogP contribution in [-0.2, 0) is 4.79 Å². The molecule has 2 heterocycles. The van der Waals surface area contributed by atoms with Gasteiger partial charge in [0, 0.05) is 5.92 Å².